The molecule has 0 aromatic heterocycles. The molecule has 1 saturated heterocycles. The standard InChI is InChI=1S/C7H10N4OS/c12-7-8-2-1-3-11(7)6-4-10-13-5-9-6/h4H,1-3,5H2,(H,8,12). The average Bonchev–Trinajstić information content (AvgIpc) is 2.20. The largest absolute Gasteiger partial charge is 0.338 e. The number of nitrogens with one attached hydrogen (secondary N) is 1. The zero-order chi connectivity index (χ0) is 9.10. The quantitative estimate of drug-likeness (QED) is 0.576. The molecular formula is C7H10N4OS. The van der Waals surface area contributed by atoms with Crippen LogP contribution >= 0.6 is 11.9 Å². The van der Waals surface area contributed by atoms with E-state index in [0.29, 0.717) is 11.7 Å². The number of carbonyl (C=O) groups is 1. The second-order valence-corrected chi connectivity index (χ2v) is 3.47. The van der Waals surface area contributed by atoms with Gasteiger partial charge in [-0.25, -0.2) is 9.19 Å². The number of hydrogen-bond donors (Lipinski definition) is 1. The minimum absolute atomic E-state index is 0.0663. The highest BCUT2D eigenvalue weighted by atomic mass is 32.2. The van der Waals surface area contributed by atoms with E-state index in [2.05, 4.69) is 14.7 Å². The van der Waals surface area contributed by atoms with Gasteiger partial charge in [-0.15, -0.1) is 0 Å². The molecule has 5 nitrogen and oxygen atoms in total. The molecule has 2 aliphatic heterocycles. The summed E-state index contributed by atoms with van der Waals surface area (Å²) in [6.07, 6.45) is 2.60. The summed E-state index contributed by atoms with van der Waals surface area (Å²) < 4.78 is 4.01. The fourth-order valence-corrected chi connectivity index (χ4v) is 1.68. The lowest BCUT2D eigenvalue weighted by atomic mass is 10.3. The van der Waals surface area contributed by atoms with Crippen LogP contribution in [-0.4, -0.2) is 41.9 Å². The topological polar surface area (TPSA) is 57.1 Å². The van der Waals surface area contributed by atoms with Gasteiger partial charge in [-0.05, 0) is 18.4 Å². The van der Waals surface area contributed by atoms with E-state index < -0.39 is 0 Å². The van der Waals surface area contributed by atoms with Gasteiger partial charge in [0.1, 0.15) is 5.88 Å². The van der Waals surface area contributed by atoms with Gasteiger partial charge in [0.25, 0.3) is 0 Å². The maximum atomic E-state index is 11.4. The van der Waals surface area contributed by atoms with Crippen LogP contribution in [0.2, 0.25) is 0 Å². The van der Waals surface area contributed by atoms with Crippen LogP contribution in [0.15, 0.2) is 9.39 Å². The Kier molecular flexibility index (Phi) is 2.49. The van der Waals surface area contributed by atoms with Gasteiger partial charge in [-0.2, -0.15) is 0 Å². The minimum atomic E-state index is -0.0663. The van der Waals surface area contributed by atoms with Crippen molar-refractivity contribution < 1.29 is 4.79 Å². The first-order valence-electron chi connectivity index (χ1n) is 4.13. The number of aliphatic imine (C=N–C) groups is 1. The Labute approximate surface area is 80.4 Å². The summed E-state index contributed by atoms with van der Waals surface area (Å²) in [5.74, 6) is 1.28. The lowest BCUT2D eigenvalue weighted by molar-refractivity contribution is 0.213. The van der Waals surface area contributed by atoms with Gasteiger partial charge < -0.3 is 5.32 Å². The number of urea groups is 1. The van der Waals surface area contributed by atoms with Gasteiger partial charge in [0.2, 0.25) is 0 Å². The lowest BCUT2D eigenvalue weighted by Crippen LogP contribution is -2.50. The van der Waals surface area contributed by atoms with Crippen LogP contribution in [0.4, 0.5) is 4.79 Å². The molecule has 1 fully saturated rings. The fraction of sp³-hybridized carbons (Fsp3) is 0.571. The molecular weight excluding hydrogens is 188 g/mol. The van der Waals surface area contributed by atoms with Crippen molar-refractivity contribution in [2.24, 2.45) is 9.39 Å². The van der Waals surface area contributed by atoms with Crippen molar-refractivity contribution in [3.63, 3.8) is 0 Å². The summed E-state index contributed by atoms with van der Waals surface area (Å²) in [7, 11) is 0. The first-order chi connectivity index (χ1) is 6.38. The summed E-state index contributed by atoms with van der Waals surface area (Å²) in [5.41, 5.74) is 0. The van der Waals surface area contributed by atoms with Gasteiger partial charge in [-0.1, -0.05) is 0 Å². The molecule has 0 bridgehead atoms. The van der Waals surface area contributed by atoms with Crippen molar-refractivity contribution in [2.75, 3.05) is 19.0 Å². The Morgan fingerprint density at radius 2 is 2.54 bits per heavy atom. The van der Waals surface area contributed by atoms with Crippen molar-refractivity contribution in [1.29, 1.82) is 0 Å². The lowest BCUT2D eigenvalue weighted by Gasteiger charge is -2.27. The van der Waals surface area contributed by atoms with Crippen LogP contribution in [0, 0.1) is 0 Å². The molecule has 6 heteroatoms. The molecule has 0 aromatic rings. The van der Waals surface area contributed by atoms with E-state index >= 15 is 0 Å². The van der Waals surface area contributed by atoms with Crippen LogP contribution in [0.25, 0.3) is 0 Å². The molecule has 13 heavy (non-hydrogen) atoms. The first-order valence-corrected chi connectivity index (χ1v) is 5.07. The molecule has 0 saturated carbocycles. The number of nitrogens with zero attached hydrogens (tertiary/aromatic N) is 3. The predicted molar refractivity (Wildman–Crippen MR) is 53.1 cm³/mol. The normalized spacial score (nSPS) is 22.6. The van der Waals surface area contributed by atoms with Crippen LogP contribution in [0.1, 0.15) is 6.42 Å². The number of amides is 2. The summed E-state index contributed by atoms with van der Waals surface area (Å²) in [4.78, 5) is 17.2. The summed E-state index contributed by atoms with van der Waals surface area (Å²) >= 11 is 1.39. The van der Waals surface area contributed by atoms with Gasteiger partial charge in [0.15, 0.2) is 5.84 Å². The third kappa shape index (κ3) is 1.82. The van der Waals surface area contributed by atoms with E-state index in [9.17, 15) is 4.79 Å². The highest BCUT2D eigenvalue weighted by Crippen LogP contribution is 2.09. The molecule has 2 amide bonds. The maximum Gasteiger partial charge on any atom is 0.323 e. The van der Waals surface area contributed by atoms with Gasteiger partial charge >= 0.3 is 6.03 Å². The molecule has 0 aromatic carbocycles. The van der Waals surface area contributed by atoms with E-state index in [0.717, 1.165) is 19.5 Å². The van der Waals surface area contributed by atoms with Gasteiger partial charge in [0.05, 0.1) is 6.21 Å². The monoisotopic (exact) mass is 198 g/mol. The SMILES string of the molecule is O=C1NCCCN1C1=NCSN=C1. The Bertz CT molecular complexity index is 276. The van der Waals surface area contributed by atoms with Crippen molar-refractivity contribution in [3.05, 3.63) is 0 Å². The van der Waals surface area contributed by atoms with Crippen LogP contribution in [-0.2, 0) is 0 Å². The molecule has 2 heterocycles. The zero-order valence-electron chi connectivity index (χ0n) is 7.06. The van der Waals surface area contributed by atoms with Crippen molar-refractivity contribution in [1.82, 2.24) is 10.2 Å². The number of amidine groups is 1. The molecule has 0 unspecified atom stereocenters. The summed E-state index contributed by atoms with van der Waals surface area (Å²) in [6, 6.07) is -0.0663. The first kappa shape index (κ1) is 8.55. The van der Waals surface area contributed by atoms with E-state index in [1.165, 1.54) is 11.9 Å². The fourth-order valence-electron chi connectivity index (χ4n) is 1.26. The third-order valence-electron chi connectivity index (χ3n) is 1.88. The molecule has 0 aliphatic carbocycles. The van der Waals surface area contributed by atoms with Crippen LogP contribution < -0.4 is 5.32 Å². The van der Waals surface area contributed by atoms with Crippen LogP contribution in [0.5, 0.6) is 0 Å². The number of rotatable bonds is 0. The maximum absolute atomic E-state index is 11.4. The molecule has 70 valence electrons. The second kappa shape index (κ2) is 3.78. The molecule has 0 spiro atoms. The summed E-state index contributed by atoms with van der Waals surface area (Å²) in [5, 5.41) is 2.77. The third-order valence-corrected chi connectivity index (χ3v) is 2.38. The van der Waals surface area contributed by atoms with Gasteiger partial charge in [0, 0.05) is 13.1 Å². The molecule has 0 atom stereocenters. The summed E-state index contributed by atoms with van der Waals surface area (Å²) in [6.45, 7) is 1.50. The Balaban J connectivity index is 2.09. The molecule has 2 rings (SSSR count). The van der Waals surface area contributed by atoms with Crippen molar-refractivity contribution >= 4 is 30.0 Å². The highest BCUT2D eigenvalue weighted by molar-refractivity contribution is 7.98. The number of carbonyl (C=O) groups excluding carboxylic acids is 1. The van der Waals surface area contributed by atoms with E-state index in [1.54, 1.807) is 11.1 Å². The Morgan fingerprint density at radius 1 is 1.62 bits per heavy atom. The Morgan fingerprint density at radius 3 is 3.23 bits per heavy atom. The van der Waals surface area contributed by atoms with Crippen LogP contribution in [0.3, 0.4) is 0 Å². The van der Waals surface area contributed by atoms with Crippen molar-refractivity contribution in [3.8, 4) is 0 Å². The zero-order valence-corrected chi connectivity index (χ0v) is 7.88. The minimum Gasteiger partial charge on any atom is -0.338 e. The smallest absolute Gasteiger partial charge is 0.323 e. The highest BCUT2D eigenvalue weighted by Gasteiger charge is 2.21. The molecule has 1 N–H and O–H groups in total. The second-order valence-electron chi connectivity index (χ2n) is 2.75. The van der Waals surface area contributed by atoms with Gasteiger partial charge in [-0.3, -0.25) is 9.89 Å². The average molecular weight is 198 g/mol. The number of hydrogen-bond acceptors (Lipinski definition) is 4. The molecule has 2 aliphatic rings. The van der Waals surface area contributed by atoms with E-state index in [1.807, 2.05) is 0 Å². The van der Waals surface area contributed by atoms with E-state index in [4.69, 9.17) is 0 Å². The van der Waals surface area contributed by atoms with Crippen molar-refractivity contribution in [2.45, 2.75) is 6.42 Å². The molecule has 0 radical (unpaired) electrons. The predicted octanol–water partition coefficient (Wildman–Crippen LogP) is 0.490. The van der Waals surface area contributed by atoms with E-state index in [-0.39, 0.29) is 6.03 Å². The Hall–Kier alpha value is -1.04.